The molecule has 2 N–H and O–H groups in total. The highest BCUT2D eigenvalue weighted by atomic mass is 19.1. The number of halogens is 1. The van der Waals surface area contributed by atoms with Gasteiger partial charge in [-0.1, -0.05) is 6.92 Å². The second kappa shape index (κ2) is 9.53. The molecule has 2 aliphatic rings. The smallest absolute Gasteiger partial charge is 0.257 e. The SMILES string of the molecule is CCc1nn(-c2ncccn2)cc1C(=O)N1C[C@@H]2[C@H]1C[C@H]2Oc1cc(C(C)(C)N)cc(-c2ccc(F)cc2)n1. The number of likely N-dealkylation sites (tertiary alicyclic amines) is 1. The fraction of sp³-hybridized carbons (Fsp3) is 0.345. The average molecular weight is 528 g/mol. The highest BCUT2D eigenvalue weighted by Gasteiger charge is 2.56. The van der Waals surface area contributed by atoms with Gasteiger partial charge in [-0.05, 0) is 62.2 Å². The van der Waals surface area contributed by atoms with Gasteiger partial charge in [-0.15, -0.1) is 0 Å². The Morgan fingerprint density at radius 3 is 2.56 bits per heavy atom. The van der Waals surface area contributed by atoms with Gasteiger partial charge in [-0.2, -0.15) is 5.10 Å². The van der Waals surface area contributed by atoms with Gasteiger partial charge in [0.1, 0.15) is 11.9 Å². The minimum absolute atomic E-state index is 0.0302. The van der Waals surface area contributed by atoms with Crippen molar-refractivity contribution >= 4 is 5.91 Å². The van der Waals surface area contributed by atoms with Crippen LogP contribution in [-0.4, -0.2) is 54.2 Å². The summed E-state index contributed by atoms with van der Waals surface area (Å²) in [6.45, 7) is 6.43. The van der Waals surface area contributed by atoms with Crippen molar-refractivity contribution in [2.75, 3.05) is 6.54 Å². The lowest BCUT2D eigenvalue weighted by molar-refractivity contribution is -0.119. The molecule has 0 bridgehead atoms. The third-order valence-electron chi connectivity index (χ3n) is 7.59. The van der Waals surface area contributed by atoms with E-state index in [9.17, 15) is 9.18 Å². The number of aromatic nitrogens is 5. The summed E-state index contributed by atoms with van der Waals surface area (Å²) in [5.74, 6) is 0.813. The topological polar surface area (TPSA) is 112 Å². The second-order valence-electron chi connectivity index (χ2n) is 10.7. The van der Waals surface area contributed by atoms with E-state index in [1.807, 2.05) is 37.8 Å². The van der Waals surface area contributed by atoms with Crippen LogP contribution in [0.3, 0.4) is 0 Å². The number of ether oxygens (including phenoxy) is 1. The summed E-state index contributed by atoms with van der Waals surface area (Å²) in [6.07, 6.45) is 6.31. The lowest BCUT2D eigenvalue weighted by Crippen LogP contribution is -2.71. The monoisotopic (exact) mass is 527 g/mol. The lowest BCUT2D eigenvalue weighted by Gasteiger charge is -2.59. The zero-order chi connectivity index (χ0) is 27.3. The molecule has 0 radical (unpaired) electrons. The van der Waals surface area contributed by atoms with Crippen LogP contribution in [0, 0.1) is 11.7 Å². The molecule has 200 valence electrons. The number of piperidine rings is 1. The van der Waals surface area contributed by atoms with Crippen molar-refractivity contribution in [2.24, 2.45) is 11.7 Å². The van der Waals surface area contributed by atoms with Crippen molar-refractivity contribution in [2.45, 2.75) is 51.3 Å². The zero-order valence-electron chi connectivity index (χ0n) is 22.1. The van der Waals surface area contributed by atoms with Crippen molar-refractivity contribution in [3.05, 3.63) is 83.7 Å². The third-order valence-corrected chi connectivity index (χ3v) is 7.59. The molecule has 1 aromatic carbocycles. The summed E-state index contributed by atoms with van der Waals surface area (Å²) >= 11 is 0. The standard InChI is InChI=1S/C29H30FN7O2/c1-4-22-20(16-37(35-22)28-32-10-5-11-33-28)27(38)36-15-21-24(36)14-25(21)39-26-13-18(29(2,3)31)12-23(34-26)17-6-8-19(30)9-7-17/h5-13,16,21,24-25H,4,14-15,31H2,1-3H3/t21-,24-,25-/m1/s1. The number of nitrogens with zero attached hydrogens (tertiary/aromatic N) is 6. The van der Waals surface area contributed by atoms with Crippen molar-refractivity contribution in [1.29, 1.82) is 0 Å². The molecule has 6 rings (SSSR count). The maximum atomic E-state index is 13.5. The molecule has 1 aliphatic heterocycles. The average Bonchev–Trinajstić information content (AvgIpc) is 3.36. The van der Waals surface area contributed by atoms with E-state index < -0.39 is 5.54 Å². The highest BCUT2D eigenvalue weighted by molar-refractivity contribution is 5.96. The van der Waals surface area contributed by atoms with E-state index >= 15 is 0 Å². The fourth-order valence-electron chi connectivity index (χ4n) is 5.21. The fourth-order valence-corrected chi connectivity index (χ4v) is 5.21. The van der Waals surface area contributed by atoms with Gasteiger partial charge >= 0.3 is 0 Å². The van der Waals surface area contributed by atoms with E-state index in [1.54, 1.807) is 41.5 Å². The van der Waals surface area contributed by atoms with Crippen LogP contribution in [0.2, 0.25) is 0 Å². The van der Waals surface area contributed by atoms with Crippen LogP contribution in [0.15, 0.2) is 61.1 Å². The first kappa shape index (κ1) is 25.1. The van der Waals surface area contributed by atoms with Gasteiger partial charge in [0.2, 0.25) is 11.8 Å². The summed E-state index contributed by atoms with van der Waals surface area (Å²) in [4.78, 5) is 28.5. The van der Waals surface area contributed by atoms with Crippen LogP contribution < -0.4 is 10.5 Å². The molecule has 1 aliphatic carbocycles. The maximum Gasteiger partial charge on any atom is 0.257 e. The van der Waals surface area contributed by atoms with E-state index in [0.29, 0.717) is 36.1 Å². The maximum absolute atomic E-state index is 13.5. The summed E-state index contributed by atoms with van der Waals surface area (Å²) in [7, 11) is 0. The van der Waals surface area contributed by atoms with Crippen molar-refractivity contribution < 1.29 is 13.9 Å². The molecule has 9 nitrogen and oxygen atoms in total. The molecule has 3 aromatic heterocycles. The molecule has 0 spiro atoms. The Bertz CT molecular complexity index is 1520. The number of pyridine rings is 1. The number of carbonyl (C=O) groups excluding carboxylic acids is 1. The summed E-state index contributed by atoms with van der Waals surface area (Å²) in [5, 5.41) is 4.54. The van der Waals surface area contributed by atoms with Crippen LogP contribution in [0.25, 0.3) is 17.2 Å². The predicted molar refractivity (Wildman–Crippen MR) is 143 cm³/mol. The Labute approximate surface area is 225 Å². The number of benzene rings is 1. The number of fused-ring (bicyclic) bond motifs is 1. The molecule has 1 amide bonds. The van der Waals surface area contributed by atoms with Gasteiger partial charge in [0.25, 0.3) is 5.91 Å². The number of nitrogens with two attached hydrogens (primary N) is 1. The Balaban J connectivity index is 1.16. The Hall–Kier alpha value is -4.18. The second-order valence-corrected chi connectivity index (χ2v) is 10.7. The van der Waals surface area contributed by atoms with Crippen molar-refractivity contribution in [1.82, 2.24) is 29.6 Å². The number of carbonyl (C=O) groups is 1. The van der Waals surface area contributed by atoms with Crippen molar-refractivity contribution in [3.63, 3.8) is 0 Å². The largest absolute Gasteiger partial charge is 0.474 e. The Morgan fingerprint density at radius 1 is 1.18 bits per heavy atom. The highest BCUT2D eigenvalue weighted by Crippen LogP contribution is 2.45. The molecule has 3 atom stereocenters. The molecular formula is C29H30FN7O2. The van der Waals surface area contributed by atoms with Gasteiger partial charge in [0, 0.05) is 60.7 Å². The van der Waals surface area contributed by atoms with Gasteiger partial charge in [0.15, 0.2) is 0 Å². The molecule has 4 aromatic rings. The normalized spacial score (nSPS) is 20.1. The number of hydrogen-bond donors (Lipinski definition) is 1. The van der Waals surface area contributed by atoms with Crippen molar-refractivity contribution in [3.8, 4) is 23.1 Å². The van der Waals surface area contributed by atoms with E-state index in [2.05, 4.69) is 15.1 Å². The quantitative estimate of drug-likeness (QED) is 0.388. The zero-order valence-corrected chi connectivity index (χ0v) is 22.1. The van der Waals surface area contributed by atoms with Gasteiger partial charge < -0.3 is 15.4 Å². The number of rotatable bonds is 7. The predicted octanol–water partition coefficient (Wildman–Crippen LogP) is 3.91. The first-order chi connectivity index (χ1) is 18.7. The van der Waals surface area contributed by atoms with Crippen LogP contribution in [0.4, 0.5) is 4.39 Å². The van der Waals surface area contributed by atoms with Crippen LogP contribution in [0.5, 0.6) is 5.88 Å². The first-order valence-corrected chi connectivity index (χ1v) is 13.1. The third kappa shape index (κ3) is 4.65. The van der Waals surface area contributed by atoms with Gasteiger partial charge in [-0.3, -0.25) is 4.79 Å². The number of amides is 1. The Morgan fingerprint density at radius 2 is 1.92 bits per heavy atom. The van der Waals surface area contributed by atoms with Crippen LogP contribution >= 0.6 is 0 Å². The van der Waals surface area contributed by atoms with E-state index in [1.165, 1.54) is 12.1 Å². The molecule has 0 unspecified atom stereocenters. The van der Waals surface area contributed by atoms with Gasteiger partial charge in [0.05, 0.1) is 17.0 Å². The number of aryl methyl sites for hydroxylation is 1. The van der Waals surface area contributed by atoms with Gasteiger partial charge in [-0.25, -0.2) is 24.0 Å². The molecule has 4 heterocycles. The molecule has 10 heteroatoms. The first-order valence-electron chi connectivity index (χ1n) is 13.1. The number of hydrogen-bond acceptors (Lipinski definition) is 7. The molecular weight excluding hydrogens is 497 g/mol. The van der Waals surface area contributed by atoms with Crippen LogP contribution in [0.1, 0.15) is 48.8 Å². The molecule has 1 saturated heterocycles. The van der Waals surface area contributed by atoms with E-state index in [0.717, 1.165) is 23.2 Å². The molecule has 1 saturated carbocycles. The minimum atomic E-state index is -0.607. The van der Waals surface area contributed by atoms with Crippen LogP contribution in [-0.2, 0) is 12.0 Å². The van der Waals surface area contributed by atoms with E-state index in [-0.39, 0.29) is 29.8 Å². The van der Waals surface area contributed by atoms with E-state index in [4.69, 9.17) is 15.5 Å². The minimum Gasteiger partial charge on any atom is -0.474 e. The Kier molecular flexibility index (Phi) is 6.14. The summed E-state index contributed by atoms with van der Waals surface area (Å²) in [6, 6.07) is 11.9. The molecule has 2 fully saturated rings. The molecule has 39 heavy (non-hydrogen) atoms. The summed E-state index contributed by atoms with van der Waals surface area (Å²) in [5.41, 5.74) is 9.43. The lowest BCUT2D eigenvalue weighted by atomic mass is 9.68. The summed E-state index contributed by atoms with van der Waals surface area (Å²) < 4.78 is 21.4.